The van der Waals surface area contributed by atoms with Crippen molar-refractivity contribution in [1.82, 2.24) is 5.32 Å². The first-order valence-electron chi connectivity index (χ1n) is 6.57. The number of ether oxygens (including phenoxy) is 1. The minimum atomic E-state index is -1.14. The van der Waals surface area contributed by atoms with Crippen molar-refractivity contribution in [2.24, 2.45) is 0 Å². The number of aryl methyl sites for hydroxylation is 1. The third-order valence-electron chi connectivity index (χ3n) is 3.02. The second-order valence-electron chi connectivity index (χ2n) is 4.78. The molecule has 7 heteroatoms. The van der Waals surface area contributed by atoms with Crippen LogP contribution in [0.1, 0.15) is 12.5 Å². The first kappa shape index (κ1) is 15.6. The van der Waals surface area contributed by atoms with Gasteiger partial charge in [-0.3, -0.25) is 9.59 Å². The highest BCUT2D eigenvalue weighted by Gasteiger charge is 2.16. The van der Waals surface area contributed by atoms with Crippen molar-refractivity contribution in [3.8, 4) is 5.75 Å². The number of nitrogens with one attached hydrogen (secondary N) is 1. The average Bonchev–Trinajstić information content (AvgIpc) is 2.43. The number of rotatable bonds is 5. The number of benzene rings is 1. The molecular formula is C15H15NO6. The Labute approximate surface area is 125 Å². The van der Waals surface area contributed by atoms with Crippen LogP contribution in [-0.2, 0) is 9.59 Å². The fourth-order valence-electron chi connectivity index (χ4n) is 1.94. The van der Waals surface area contributed by atoms with Gasteiger partial charge in [0.1, 0.15) is 17.9 Å². The van der Waals surface area contributed by atoms with Crippen molar-refractivity contribution >= 4 is 22.8 Å². The molecule has 1 aromatic heterocycles. The molecule has 0 aliphatic rings. The smallest absolute Gasteiger partial charge is 0.336 e. The Morgan fingerprint density at radius 2 is 2.09 bits per heavy atom. The van der Waals surface area contributed by atoms with Gasteiger partial charge in [-0.05, 0) is 31.5 Å². The predicted molar refractivity (Wildman–Crippen MR) is 78.0 cm³/mol. The monoisotopic (exact) mass is 305 g/mol. The van der Waals surface area contributed by atoms with Crippen LogP contribution in [0.3, 0.4) is 0 Å². The van der Waals surface area contributed by atoms with Gasteiger partial charge in [0, 0.05) is 17.5 Å². The molecule has 2 N–H and O–H groups in total. The SMILES string of the molecule is Cc1cc(=O)oc2cc(O[C@H](C)C(=O)NCC(=O)O)ccc12. The molecule has 2 rings (SSSR count). The van der Waals surface area contributed by atoms with E-state index in [0.717, 1.165) is 10.9 Å². The van der Waals surface area contributed by atoms with E-state index in [1.165, 1.54) is 19.1 Å². The number of hydrogen-bond acceptors (Lipinski definition) is 5. The highest BCUT2D eigenvalue weighted by Crippen LogP contribution is 2.22. The minimum absolute atomic E-state index is 0.347. The van der Waals surface area contributed by atoms with Gasteiger partial charge in [0.25, 0.3) is 5.91 Å². The summed E-state index contributed by atoms with van der Waals surface area (Å²) in [6.07, 6.45) is -0.881. The number of carboxylic acid groups (broad SMARTS) is 1. The van der Waals surface area contributed by atoms with Crippen LogP contribution in [-0.4, -0.2) is 29.6 Å². The van der Waals surface area contributed by atoms with Crippen LogP contribution in [0.25, 0.3) is 11.0 Å². The Morgan fingerprint density at radius 1 is 1.36 bits per heavy atom. The van der Waals surface area contributed by atoms with Gasteiger partial charge in [-0.2, -0.15) is 0 Å². The van der Waals surface area contributed by atoms with Gasteiger partial charge in [-0.1, -0.05) is 0 Å². The largest absolute Gasteiger partial charge is 0.481 e. The Balaban J connectivity index is 2.16. The molecule has 116 valence electrons. The van der Waals surface area contributed by atoms with E-state index in [4.69, 9.17) is 14.3 Å². The summed E-state index contributed by atoms with van der Waals surface area (Å²) in [6.45, 7) is 2.81. The summed E-state index contributed by atoms with van der Waals surface area (Å²) in [6, 6.07) is 6.29. The zero-order chi connectivity index (χ0) is 16.3. The highest BCUT2D eigenvalue weighted by molar-refractivity contribution is 5.85. The van der Waals surface area contributed by atoms with Crippen LogP contribution in [0.2, 0.25) is 0 Å². The van der Waals surface area contributed by atoms with Crippen LogP contribution < -0.4 is 15.7 Å². The van der Waals surface area contributed by atoms with E-state index in [1.54, 1.807) is 19.1 Å². The molecule has 0 fully saturated rings. The standard InChI is InChI=1S/C15H15NO6/c1-8-5-14(19)22-12-6-10(3-4-11(8)12)21-9(2)15(20)16-7-13(17)18/h3-6,9H,7H2,1-2H3,(H,16,20)(H,17,18)/t9-/m1/s1. The molecule has 7 nitrogen and oxygen atoms in total. The maximum Gasteiger partial charge on any atom is 0.336 e. The number of aliphatic carboxylic acids is 1. The van der Waals surface area contributed by atoms with Crippen molar-refractivity contribution in [3.63, 3.8) is 0 Å². The summed E-state index contributed by atoms with van der Waals surface area (Å²) >= 11 is 0. The lowest BCUT2D eigenvalue weighted by atomic mass is 10.1. The van der Waals surface area contributed by atoms with E-state index in [2.05, 4.69) is 5.32 Å². The summed E-state index contributed by atoms with van der Waals surface area (Å²) in [4.78, 5) is 33.4. The van der Waals surface area contributed by atoms with Gasteiger partial charge in [0.15, 0.2) is 6.10 Å². The van der Waals surface area contributed by atoms with Crippen LogP contribution in [0.15, 0.2) is 33.5 Å². The molecule has 0 saturated heterocycles. The van der Waals surface area contributed by atoms with Gasteiger partial charge in [-0.25, -0.2) is 4.79 Å². The molecular weight excluding hydrogens is 290 g/mol. The summed E-state index contributed by atoms with van der Waals surface area (Å²) in [7, 11) is 0. The number of carboxylic acids is 1. The van der Waals surface area contributed by atoms with Crippen molar-refractivity contribution in [2.75, 3.05) is 6.54 Å². The Bertz CT molecular complexity index is 779. The molecule has 1 amide bonds. The lowest BCUT2D eigenvalue weighted by Crippen LogP contribution is -2.39. The van der Waals surface area contributed by atoms with Crippen molar-refractivity contribution in [1.29, 1.82) is 0 Å². The molecule has 0 unspecified atom stereocenters. The Kier molecular flexibility index (Phi) is 4.45. The minimum Gasteiger partial charge on any atom is -0.481 e. The number of hydrogen-bond donors (Lipinski definition) is 2. The van der Waals surface area contributed by atoms with E-state index in [1.807, 2.05) is 0 Å². The molecule has 1 aromatic carbocycles. The summed E-state index contributed by atoms with van der Waals surface area (Å²) in [5, 5.41) is 11.5. The van der Waals surface area contributed by atoms with Crippen molar-refractivity contribution in [3.05, 3.63) is 40.2 Å². The van der Waals surface area contributed by atoms with Crippen LogP contribution >= 0.6 is 0 Å². The first-order valence-corrected chi connectivity index (χ1v) is 6.57. The predicted octanol–water partition coefficient (Wildman–Crippen LogP) is 1.07. The summed E-state index contributed by atoms with van der Waals surface area (Å²) in [5.41, 5.74) is 0.681. The molecule has 1 heterocycles. The quantitative estimate of drug-likeness (QED) is 0.800. The third kappa shape index (κ3) is 3.63. The van der Waals surface area contributed by atoms with E-state index >= 15 is 0 Å². The van der Waals surface area contributed by atoms with Crippen molar-refractivity contribution < 1.29 is 23.8 Å². The molecule has 0 saturated carbocycles. The van der Waals surface area contributed by atoms with Crippen LogP contribution in [0.4, 0.5) is 0 Å². The third-order valence-corrected chi connectivity index (χ3v) is 3.02. The molecule has 1 atom stereocenters. The zero-order valence-corrected chi connectivity index (χ0v) is 12.1. The lowest BCUT2D eigenvalue weighted by molar-refractivity contribution is -0.139. The molecule has 0 aliphatic heterocycles. The molecule has 2 aromatic rings. The van der Waals surface area contributed by atoms with E-state index in [9.17, 15) is 14.4 Å². The van der Waals surface area contributed by atoms with Gasteiger partial charge in [0.05, 0.1) is 0 Å². The van der Waals surface area contributed by atoms with Gasteiger partial charge in [-0.15, -0.1) is 0 Å². The maximum atomic E-state index is 11.7. The normalized spacial score (nSPS) is 11.9. The van der Waals surface area contributed by atoms with Gasteiger partial charge >= 0.3 is 11.6 Å². The highest BCUT2D eigenvalue weighted by atomic mass is 16.5. The summed E-state index contributed by atoms with van der Waals surface area (Å²) < 4.78 is 10.5. The summed E-state index contributed by atoms with van der Waals surface area (Å²) in [5.74, 6) is -1.34. The number of carbonyl (C=O) groups excluding carboxylic acids is 1. The molecule has 0 aliphatic carbocycles. The van der Waals surface area contributed by atoms with Crippen LogP contribution in [0, 0.1) is 6.92 Å². The van der Waals surface area contributed by atoms with Gasteiger partial charge in [0.2, 0.25) is 0 Å². The Morgan fingerprint density at radius 3 is 2.77 bits per heavy atom. The molecule has 0 spiro atoms. The Hall–Kier alpha value is -2.83. The molecule has 0 bridgehead atoms. The van der Waals surface area contributed by atoms with Gasteiger partial charge < -0.3 is 19.6 Å². The average molecular weight is 305 g/mol. The first-order chi connectivity index (χ1) is 10.4. The topological polar surface area (TPSA) is 106 Å². The molecule has 22 heavy (non-hydrogen) atoms. The zero-order valence-electron chi connectivity index (χ0n) is 12.1. The van der Waals surface area contributed by atoms with Crippen molar-refractivity contribution in [2.45, 2.75) is 20.0 Å². The van der Waals surface area contributed by atoms with E-state index < -0.39 is 30.2 Å². The second kappa shape index (κ2) is 6.30. The second-order valence-corrected chi connectivity index (χ2v) is 4.78. The fraction of sp³-hybridized carbons (Fsp3) is 0.267. The number of carbonyl (C=O) groups is 2. The number of amides is 1. The number of fused-ring (bicyclic) bond motifs is 1. The molecule has 0 radical (unpaired) electrons. The van der Waals surface area contributed by atoms with Crippen LogP contribution in [0.5, 0.6) is 5.75 Å². The van der Waals surface area contributed by atoms with E-state index in [-0.39, 0.29) is 0 Å². The van der Waals surface area contributed by atoms with E-state index in [0.29, 0.717) is 11.3 Å². The maximum absolute atomic E-state index is 11.7. The lowest BCUT2D eigenvalue weighted by Gasteiger charge is -2.14. The fourth-order valence-corrected chi connectivity index (χ4v) is 1.94.